The zero-order chi connectivity index (χ0) is 19.5. The van der Waals surface area contributed by atoms with Gasteiger partial charge in [0, 0.05) is 42.1 Å². The second-order valence-corrected chi connectivity index (χ2v) is 6.73. The number of carbonyl (C=O) groups is 1. The van der Waals surface area contributed by atoms with Gasteiger partial charge >= 0.3 is 0 Å². The predicted molar refractivity (Wildman–Crippen MR) is 105 cm³/mol. The third kappa shape index (κ3) is 3.86. The SMILES string of the molecule is O=C(/C=C/c1c(F)cccc1F)Nc1ccc(-c2cn3c(n2)CCCC3)cc1. The fourth-order valence-electron chi connectivity index (χ4n) is 3.29. The Kier molecular flexibility index (Phi) is 5.02. The van der Waals surface area contributed by atoms with Gasteiger partial charge in [-0.15, -0.1) is 0 Å². The Balaban J connectivity index is 1.43. The summed E-state index contributed by atoms with van der Waals surface area (Å²) < 4.78 is 29.4. The molecule has 0 bridgehead atoms. The summed E-state index contributed by atoms with van der Waals surface area (Å²) in [7, 11) is 0. The van der Waals surface area contributed by atoms with Gasteiger partial charge in [0.25, 0.3) is 0 Å². The molecule has 4 rings (SSSR count). The molecule has 1 aromatic heterocycles. The van der Waals surface area contributed by atoms with Crippen LogP contribution < -0.4 is 5.32 Å². The van der Waals surface area contributed by atoms with Crippen LogP contribution in [-0.2, 0) is 17.8 Å². The molecule has 4 nitrogen and oxygen atoms in total. The van der Waals surface area contributed by atoms with E-state index in [0.717, 1.165) is 54.3 Å². The first-order valence-corrected chi connectivity index (χ1v) is 9.20. The van der Waals surface area contributed by atoms with Crippen LogP contribution in [0.1, 0.15) is 24.2 Å². The number of carbonyl (C=O) groups excluding carboxylic acids is 1. The Morgan fingerprint density at radius 2 is 1.82 bits per heavy atom. The van der Waals surface area contributed by atoms with Crippen LogP contribution in [0.25, 0.3) is 17.3 Å². The molecule has 0 saturated heterocycles. The Morgan fingerprint density at radius 3 is 2.54 bits per heavy atom. The Morgan fingerprint density at radius 1 is 1.07 bits per heavy atom. The number of anilines is 1. The molecular weight excluding hydrogens is 360 g/mol. The van der Waals surface area contributed by atoms with Crippen LogP contribution in [0.4, 0.5) is 14.5 Å². The number of amides is 1. The van der Waals surface area contributed by atoms with Crippen molar-refractivity contribution in [2.45, 2.75) is 25.8 Å². The summed E-state index contributed by atoms with van der Waals surface area (Å²) in [5.41, 5.74) is 2.25. The molecule has 28 heavy (non-hydrogen) atoms. The fourth-order valence-corrected chi connectivity index (χ4v) is 3.29. The highest BCUT2D eigenvalue weighted by Gasteiger charge is 2.13. The summed E-state index contributed by atoms with van der Waals surface area (Å²) in [4.78, 5) is 16.7. The molecule has 1 aliphatic rings. The average molecular weight is 379 g/mol. The zero-order valence-corrected chi connectivity index (χ0v) is 15.2. The predicted octanol–water partition coefficient (Wildman–Crippen LogP) is 4.82. The summed E-state index contributed by atoms with van der Waals surface area (Å²) in [5.74, 6) is -0.774. The molecule has 6 heteroatoms. The molecule has 142 valence electrons. The quantitative estimate of drug-likeness (QED) is 0.661. The van der Waals surface area contributed by atoms with Gasteiger partial charge in [-0.05, 0) is 43.2 Å². The first-order valence-electron chi connectivity index (χ1n) is 9.20. The standard InChI is InChI=1S/C22H19F2N3O/c23-18-4-3-5-19(24)17(18)11-12-22(28)25-16-9-7-15(8-10-16)20-14-27-13-2-1-6-21(27)26-20/h3-5,7-12,14H,1-2,6,13H2,(H,25,28)/b12-11+. The van der Waals surface area contributed by atoms with Crippen molar-refractivity contribution in [1.29, 1.82) is 0 Å². The molecule has 2 aromatic carbocycles. The molecule has 0 aliphatic carbocycles. The number of fused-ring (bicyclic) bond motifs is 1. The number of aryl methyl sites for hydroxylation is 2. The van der Waals surface area contributed by atoms with Crippen LogP contribution in [-0.4, -0.2) is 15.5 Å². The Bertz CT molecular complexity index is 995. The summed E-state index contributed by atoms with van der Waals surface area (Å²) in [6.45, 7) is 1.01. The molecular formula is C22H19F2N3O. The largest absolute Gasteiger partial charge is 0.334 e. The van der Waals surface area contributed by atoms with E-state index in [0.29, 0.717) is 5.69 Å². The second-order valence-electron chi connectivity index (χ2n) is 6.73. The van der Waals surface area contributed by atoms with Crippen molar-refractivity contribution < 1.29 is 13.6 Å². The molecule has 1 amide bonds. The lowest BCUT2D eigenvalue weighted by molar-refractivity contribution is -0.111. The molecule has 2 heterocycles. The average Bonchev–Trinajstić information content (AvgIpc) is 3.12. The van der Waals surface area contributed by atoms with Gasteiger partial charge in [0.2, 0.25) is 5.91 Å². The van der Waals surface area contributed by atoms with Gasteiger partial charge in [-0.25, -0.2) is 13.8 Å². The van der Waals surface area contributed by atoms with E-state index in [1.807, 2.05) is 12.1 Å². The number of imidazole rings is 1. The van der Waals surface area contributed by atoms with E-state index in [2.05, 4.69) is 21.1 Å². The van der Waals surface area contributed by atoms with E-state index in [-0.39, 0.29) is 5.56 Å². The molecule has 1 N–H and O–H groups in total. The van der Waals surface area contributed by atoms with Crippen molar-refractivity contribution in [2.75, 3.05) is 5.32 Å². The third-order valence-corrected chi connectivity index (χ3v) is 4.76. The van der Waals surface area contributed by atoms with Crippen LogP contribution in [0.2, 0.25) is 0 Å². The van der Waals surface area contributed by atoms with Gasteiger partial charge < -0.3 is 9.88 Å². The number of halogens is 2. The van der Waals surface area contributed by atoms with E-state index < -0.39 is 17.5 Å². The lowest BCUT2D eigenvalue weighted by atomic mass is 10.1. The molecule has 0 unspecified atom stereocenters. The fraction of sp³-hybridized carbons (Fsp3) is 0.182. The van der Waals surface area contributed by atoms with Gasteiger partial charge in [-0.1, -0.05) is 18.2 Å². The van der Waals surface area contributed by atoms with Gasteiger partial charge in [0.15, 0.2) is 0 Å². The van der Waals surface area contributed by atoms with Crippen LogP contribution in [0, 0.1) is 11.6 Å². The van der Waals surface area contributed by atoms with Crippen molar-refractivity contribution in [3.63, 3.8) is 0 Å². The minimum absolute atomic E-state index is 0.239. The van der Waals surface area contributed by atoms with Crippen molar-refractivity contribution in [2.24, 2.45) is 0 Å². The smallest absolute Gasteiger partial charge is 0.248 e. The molecule has 1 aliphatic heterocycles. The van der Waals surface area contributed by atoms with Crippen LogP contribution in [0.5, 0.6) is 0 Å². The summed E-state index contributed by atoms with van der Waals surface area (Å²) in [6.07, 6.45) is 7.66. The number of hydrogen-bond donors (Lipinski definition) is 1. The minimum Gasteiger partial charge on any atom is -0.334 e. The maximum absolute atomic E-state index is 13.6. The van der Waals surface area contributed by atoms with Gasteiger partial charge in [0.05, 0.1) is 5.69 Å². The van der Waals surface area contributed by atoms with Gasteiger partial charge in [-0.3, -0.25) is 4.79 Å². The molecule has 0 radical (unpaired) electrons. The maximum atomic E-state index is 13.6. The Labute approximate surface area is 161 Å². The number of aromatic nitrogens is 2. The summed E-state index contributed by atoms with van der Waals surface area (Å²) in [5, 5.41) is 2.68. The number of benzene rings is 2. The topological polar surface area (TPSA) is 46.9 Å². The zero-order valence-electron chi connectivity index (χ0n) is 15.2. The summed E-state index contributed by atoms with van der Waals surface area (Å²) >= 11 is 0. The number of rotatable bonds is 4. The van der Waals surface area contributed by atoms with Crippen LogP contribution in [0.15, 0.2) is 54.7 Å². The number of nitrogens with zero attached hydrogens (tertiary/aromatic N) is 2. The van der Waals surface area contributed by atoms with Gasteiger partial charge in [0.1, 0.15) is 17.5 Å². The van der Waals surface area contributed by atoms with Gasteiger partial charge in [-0.2, -0.15) is 0 Å². The van der Waals surface area contributed by atoms with E-state index in [1.165, 1.54) is 18.9 Å². The molecule has 0 atom stereocenters. The van der Waals surface area contributed by atoms with Crippen molar-refractivity contribution in [3.05, 3.63) is 77.8 Å². The lowest BCUT2D eigenvalue weighted by Gasteiger charge is -2.11. The third-order valence-electron chi connectivity index (χ3n) is 4.76. The van der Waals surface area contributed by atoms with E-state index in [4.69, 9.17) is 0 Å². The van der Waals surface area contributed by atoms with E-state index in [1.54, 1.807) is 12.1 Å². The monoisotopic (exact) mass is 379 g/mol. The normalized spacial score (nSPS) is 13.5. The first-order chi connectivity index (χ1) is 13.6. The lowest BCUT2D eigenvalue weighted by Crippen LogP contribution is -2.08. The highest BCUT2D eigenvalue weighted by molar-refractivity contribution is 6.02. The molecule has 0 saturated carbocycles. The van der Waals surface area contributed by atoms with Crippen molar-refractivity contribution >= 4 is 17.7 Å². The second kappa shape index (κ2) is 7.76. The van der Waals surface area contributed by atoms with Crippen LogP contribution in [0.3, 0.4) is 0 Å². The van der Waals surface area contributed by atoms with Crippen LogP contribution >= 0.6 is 0 Å². The highest BCUT2D eigenvalue weighted by atomic mass is 19.1. The van der Waals surface area contributed by atoms with Crippen molar-refractivity contribution in [1.82, 2.24) is 9.55 Å². The molecule has 0 fully saturated rings. The minimum atomic E-state index is -0.712. The Hall–Kier alpha value is -3.28. The number of nitrogens with one attached hydrogen (secondary N) is 1. The van der Waals surface area contributed by atoms with Crippen molar-refractivity contribution in [3.8, 4) is 11.3 Å². The molecule has 0 spiro atoms. The molecule has 3 aromatic rings. The summed E-state index contributed by atoms with van der Waals surface area (Å²) in [6, 6.07) is 10.9. The van der Waals surface area contributed by atoms with E-state index in [9.17, 15) is 13.6 Å². The number of hydrogen-bond acceptors (Lipinski definition) is 2. The highest BCUT2D eigenvalue weighted by Crippen LogP contribution is 2.24. The van der Waals surface area contributed by atoms with E-state index >= 15 is 0 Å². The maximum Gasteiger partial charge on any atom is 0.248 e. The first kappa shape index (κ1) is 18.1.